The molecule has 0 unspecified atom stereocenters. The van der Waals surface area contributed by atoms with Crippen molar-refractivity contribution in [3.05, 3.63) is 48.4 Å². The van der Waals surface area contributed by atoms with Gasteiger partial charge in [0.1, 0.15) is 24.5 Å². The number of hydrogen-bond donors (Lipinski definition) is 1. The third-order valence-electron chi connectivity index (χ3n) is 2.96. The van der Waals surface area contributed by atoms with Crippen molar-refractivity contribution in [3.63, 3.8) is 0 Å². The van der Waals surface area contributed by atoms with Crippen molar-refractivity contribution in [1.82, 2.24) is 19.6 Å². The largest absolute Gasteiger partial charge is 0.492 e. The molecule has 0 amide bonds. The molecule has 0 bridgehead atoms. The number of nitrogens with one attached hydrogen (secondary N) is 1. The molecule has 0 saturated carbocycles. The number of fused-ring (bicyclic) bond motifs is 1. The molecule has 1 N–H and O–H groups in total. The first kappa shape index (κ1) is 15.1. The van der Waals surface area contributed by atoms with Crippen LogP contribution in [-0.4, -0.2) is 32.7 Å². The predicted molar refractivity (Wildman–Crippen MR) is 76.2 cm³/mol. The molecule has 0 spiro atoms. The van der Waals surface area contributed by atoms with E-state index in [1.54, 1.807) is 12.1 Å². The lowest BCUT2D eigenvalue weighted by molar-refractivity contribution is -0.141. The Kier molecular flexibility index (Phi) is 4.00. The minimum Gasteiger partial charge on any atom is -0.492 e. The molecular weight excluding hydrogens is 311 g/mol. The van der Waals surface area contributed by atoms with Crippen LogP contribution in [0, 0.1) is 0 Å². The van der Waals surface area contributed by atoms with E-state index >= 15 is 0 Å². The number of para-hydroxylation sites is 1. The summed E-state index contributed by atoms with van der Waals surface area (Å²) in [7, 11) is 0. The highest BCUT2D eigenvalue weighted by Gasteiger charge is 2.34. The molecule has 0 saturated heterocycles. The van der Waals surface area contributed by atoms with Gasteiger partial charge in [0, 0.05) is 6.07 Å². The fourth-order valence-electron chi connectivity index (χ4n) is 1.95. The Labute approximate surface area is 128 Å². The van der Waals surface area contributed by atoms with E-state index < -0.39 is 11.9 Å². The maximum Gasteiger partial charge on any atom is 0.433 e. The summed E-state index contributed by atoms with van der Waals surface area (Å²) in [6.07, 6.45) is -3.40. The average molecular weight is 323 g/mol. The molecule has 0 radical (unpaired) electrons. The van der Waals surface area contributed by atoms with Gasteiger partial charge in [-0.3, -0.25) is 0 Å². The lowest BCUT2D eigenvalue weighted by Crippen LogP contribution is -2.16. The molecule has 120 valence electrons. The first-order chi connectivity index (χ1) is 11.0. The van der Waals surface area contributed by atoms with E-state index in [1.807, 2.05) is 18.2 Å². The van der Waals surface area contributed by atoms with Crippen LogP contribution in [0.2, 0.25) is 0 Å². The fourth-order valence-corrected chi connectivity index (χ4v) is 1.95. The molecule has 3 rings (SSSR count). The van der Waals surface area contributed by atoms with Gasteiger partial charge in [0.15, 0.2) is 5.69 Å². The Balaban J connectivity index is 1.70. The molecule has 3 aromatic rings. The van der Waals surface area contributed by atoms with Crippen molar-refractivity contribution in [3.8, 4) is 5.75 Å². The molecule has 0 atom stereocenters. The SMILES string of the molecule is FC(F)(F)c1cc(NCCOc2ccccc2)n2ncnc2n1. The zero-order chi connectivity index (χ0) is 16.3. The van der Waals surface area contributed by atoms with Crippen LogP contribution in [0.15, 0.2) is 42.7 Å². The highest BCUT2D eigenvalue weighted by Crippen LogP contribution is 2.29. The van der Waals surface area contributed by atoms with Crippen LogP contribution >= 0.6 is 0 Å². The maximum absolute atomic E-state index is 12.8. The van der Waals surface area contributed by atoms with Gasteiger partial charge in [0.25, 0.3) is 5.78 Å². The third-order valence-corrected chi connectivity index (χ3v) is 2.96. The Hall–Kier alpha value is -2.84. The van der Waals surface area contributed by atoms with Gasteiger partial charge in [-0.1, -0.05) is 18.2 Å². The second-order valence-electron chi connectivity index (χ2n) is 4.58. The first-order valence-corrected chi connectivity index (χ1v) is 6.74. The number of aromatic nitrogens is 4. The van der Waals surface area contributed by atoms with E-state index in [9.17, 15) is 13.2 Å². The van der Waals surface area contributed by atoms with Crippen LogP contribution in [-0.2, 0) is 6.18 Å². The Morgan fingerprint density at radius 3 is 2.70 bits per heavy atom. The molecule has 2 aromatic heterocycles. The van der Waals surface area contributed by atoms with E-state index in [0.717, 1.165) is 12.4 Å². The number of alkyl halides is 3. The summed E-state index contributed by atoms with van der Waals surface area (Å²) in [4.78, 5) is 7.13. The van der Waals surface area contributed by atoms with E-state index in [4.69, 9.17) is 4.74 Å². The first-order valence-electron chi connectivity index (χ1n) is 6.74. The molecule has 1 aromatic carbocycles. The Morgan fingerprint density at radius 2 is 1.96 bits per heavy atom. The minimum atomic E-state index is -4.55. The molecular formula is C14H12F3N5O. The molecule has 23 heavy (non-hydrogen) atoms. The molecule has 2 heterocycles. The average Bonchev–Trinajstić information content (AvgIpc) is 3.00. The van der Waals surface area contributed by atoms with E-state index in [0.29, 0.717) is 12.3 Å². The van der Waals surface area contributed by atoms with E-state index in [-0.39, 0.29) is 18.2 Å². The molecule has 0 aliphatic heterocycles. The van der Waals surface area contributed by atoms with Gasteiger partial charge in [0.05, 0.1) is 6.54 Å². The highest BCUT2D eigenvalue weighted by molar-refractivity contribution is 5.45. The second-order valence-corrected chi connectivity index (χ2v) is 4.58. The number of hydrogen-bond acceptors (Lipinski definition) is 5. The standard InChI is InChI=1S/C14H12F3N5O/c15-14(16,17)11-8-12(22-13(21-11)19-9-20-22)18-6-7-23-10-4-2-1-3-5-10/h1-5,8-9,18H,6-7H2. The quantitative estimate of drug-likeness (QED) is 0.731. The zero-order valence-corrected chi connectivity index (χ0v) is 11.8. The number of benzene rings is 1. The number of rotatable bonds is 5. The van der Waals surface area contributed by atoms with Gasteiger partial charge in [-0.25, -0.2) is 4.98 Å². The van der Waals surface area contributed by atoms with Crippen molar-refractivity contribution < 1.29 is 17.9 Å². The number of halogens is 3. The number of anilines is 1. The monoisotopic (exact) mass is 323 g/mol. The predicted octanol–water partition coefficient (Wildman–Crippen LogP) is 2.63. The summed E-state index contributed by atoms with van der Waals surface area (Å²) in [5.74, 6) is 0.716. The lowest BCUT2D eigenvalue weighted by Gasteiger charge is -2.12. The van der Waals surface area contributed by atoms with Crippen molar-refractivity contribution in [1.29, 1.82) is 0 Å². The van der Waals surface area contributed by atoms with Crippen LogP contribution in [0.25, 0.3) is 5.78 Å². The van der Waals surface area contributed by atoms with Gasteiger partial charge in [-0.05, 0) is 12.1 Å². The number of nitrogens with zero attached hydrogens (tertiary/aromatic N) is 4. The molecule has 0 fully saturated rings. The van der Waals surface area contributed by atoms with Gasteiger partial charge in [0.2, 0.25) is 0 Å². The normalized spacial score (nSPS) is 11.6. The summed E-state index contributed by atoms with van der Waals surface area (Å²) in [5, 5.41) is 6.70. The summed E-state index contributed by atoms with van der Waals surface area (Å²) in [6, 6.07) is 10.0. The molecule has 0 aliphatic rings. The highest BCUT2D eigenvalue weighted by atomic mass is 19.4. The maximum atomic E-state index is 12.8. The van der Waals surface area contributed by atoms with Crippen LogP contribution in [0.3, 0.4) is 0 Å². The second kappa shape index (κ2) is 6.11. The van der Waals surface area contributed by atoms with Crippen molar-refractivity contribution in [2.75, 3.05) is 18.5 Å². The lowest BCUT2D eigenvalue weighted by atomic mass is 10.3. The third kappa shape index (κ3) is 3.50. The molecule has 0 aliphatic carbocycles. The van der Waals surface area contributed by atoms with Gasteiger partial charge in [-0.2, -0.15) is 27.8 Å². The van der Waals surface area contributed by atoms with Crippen molar-refractivity contribution in [2.45, 2.75) is 6.18 Å². The number of ether oxygens (including phenoxy) is 1. The van der Waals surface area contributed by atoms with E-state index in [2.05, 4.69) is 20.4 Å². The van der Waals surface area contributed by atoms with Gasteiger partial charge in [-0.15, -0.1) is 0 Å². The van der Waals surface area contributed by atoms with Crippen molar-refractivity contribution >= 4 is 11.6 Å². The summed E-state index contributed by atoms with van der Waals surface area (Å²) in [6.45, 7) is 0.578. The summed E-state index contributed by atoms with van der Waals surface area (Å²) < 4.78 is 45.2. The fraction of sp³-hybridized carbons (Fsp3) is 0.214. The van der Waals surface area contributed by atoms with Gasteiger partial charge < -0.3 is 10.1 Å². The van der Waals surface area contributed by atoms with Crippen molar-refractivity contribution in [2.24, 2.45) is 0 Å². The Morgan fingerprint density at radius 1 is 1.17 bits per heavy atom. The zero-order valence-electron chi connectivity index (χ0n) is 11.8. The molecule has 6 nitrogen and oxygen atoms in total. The van der Waals surface area contributed by atoms with E-state index in [1.165, 1.54) is 4.52 Å². The smallest absolute Gasteiger partial charge is 0.433 e. The van der Waals surface area contributed by atoms with Gasteiger partial charge >= 0.3 is 6.18 Å². The topological polar surface area (TPSA) is 64.3 Å². The molecule has 9 heteroatoms. The Bertz CT molecular complexity index is 788. The van der Waals surface area contributed by atoms with Crippen LogP contribution in [0.1, 0.15) is 5.69 Å². The summed E-state index contributed by atoms with van der Waals surface area (Å²) in [5.41, 5.74) is -1.02. The van der Waals surface area contributed by atoms with Crippen LogP contribution < -0.4 is 10.1 Å². The summed E-state index contributed by atoms with van der Waals surface area (Å²) >= 11 is 0. The van der Waals surface area contributed by atoms with Crippen LogP contribution in [0.4, 0.5) is 19.0 Å². The van der Waals surface area contributed by atoms with Crippen LogP contribution in [0.5, 0.6) is 5.75 Å². The minimum absolute atomic E-state index is 0.119.